The van der Waals surface area contributed by atoms with E-state index in [-0.39, 0.29) is 5.95 Å². The van der Waals surface area contributed by atoms with Crippen molar-refractivity contribution in [1.29, 1.82) is 0 Å². The Bertz CT molecular complexity index is 662. The first-order valence-electron chi connectivity index (χ1n) is 5.26. The number of anilines is 1. The van der Waals surface area contributed by atoms with Gasteiger partial charge in [0.1, 0.15) is 0 Å². The summed E-state index contributed by atoms with van der Waals surface area (Å²) in [6, 6.07) is 12.0. The van der Waals surface area contributed by atoms with Gasteiger partial charge in [0.05, 0.1) is 11.2 Å². The highest BCUT2D eigenvalue weighted by molar-refractivity contribution is 5.81. The van der Waals surface area contributed by atoms with Gasteiger partial charge in [-0.25, -0.2) is 15.0 Å². The van der Waals surface area contributed by atoms with Crippen LogP contribution in [-0.2, 0) is 0 Å². The van der Waals surface area contributed by atoms with Crippen molar-refractivity contribution in [2.45, 2.75) is 0 Å². The van der Waals surface area contributed by atoms with E-state index in [0.717, 1.165) is 22.2 Å². The molecule has 4 nitrogen and oxygen atoms in total. The van der Waals surface area contributed by atoms with Crippen LogP contribution in [0.2, 0.25) is 0 Å². The number of hydrogen-bond acceptors (Lipinski definition) is 4. The Morgan fingerprint density at radius 1 is 0.882 bits per heavy atom. The Hall–Kier alpha value is -2.49. The Labute approximate surface area is 98.2 Å². The third kappa shape index (κ3) is 1.80. The van der Waals surface area contributed by atoms with Gasteiger partial charge in [-0.05, 0) is 12.1 Å². The first-order valence-corrected chi connectivity index (χ1v) is 5.26. The van der Waals surface area contributed by atoms with Crippen molar-refractivity contribution in [3.8, 4) is 11.3 Å². The molecule has 2 N–H and O–H groups in total. The van der Waals surface area contributed by atoms with Gasteiger partial charge in [-0.15, -0.1) is 0 Å². The van der Waals surface area contributed by atoms with Crippen LogP contribution < -0.4 is 5.73 Å². The van der Waals surface area contributed by atoms with Crippen LogP contribution >= 0.6 is 0 Å². The van der Waals surface area contributed by atoms with Gasteiger partial charge >= 0.3 is 0 Å². The van der Waals surface area contributed by atoms with E-state index in [2.05, 4.69) is 15.0 Å². The molecule has 2 heterocycles. The Morgan fingerprint density at radius 2 is 1.65 bits per heavy atom. The molecule has 0 bridgehead atoms. The Kier molecular flexibility index (Phi) is 2.19. The molecular weight excluding hydrogens is 212 g/mol. The number of para-hydroxylation sites is 1. The molecule has 0 spiro atoms. The van der Waals surface area contributed by atoms with Crippen LogP contribution in [0.1, 0.15) is 0 Å². The summed E-state index contributed by atoms with van der Waals surface area (Å²) >= 11 is 0. The third-order valence-electron chi connectivity index (χ3n) is 2.57. The molecule has 17 heavy (non-hydrogen) atoms. The molecule has 1 aromatic carbocycles. The lowest BCUT2D eigenvalue weighted by molar-refractivity contribution is 1.18. The zero-order chi connectivity index (χ0) is 11.7. The second-order valence-electron chi connectivity index (χ2n) is 3.72. The van der Waals surface area contributed by atoms with Crippen LogP contribution in [0, 0.1) is 0 Å². The maximum absolute atomic E-state index is 5.45. The van der Waals surface area contributed by atoms with Crippen LogP contribution in [0.3, 0.4) is 0 Å². The summed E-state index contributed by atoms with van der Waals surface area (Å²) in [4.78, 5) is 12.5. The van der Waals surface area contributed by atoms with Gasteiger partial charge in [-0.3, -0.25) is 0 Å². The lowest BCUT2D eigenvalue weighted by atomic mass is 10.1. The average Bonchev–Trinajstić information content (AvgIpc) is 2.39. The van der Waals surface area contributed by atoms with E-state index < -0.39 is 0 Å². The standard InChI is InChI=1S/C13H10N4/c14-13-15-7-10(8-16-13)12-6-5-9-3-1-2-4-11(9)17-12/h1-8H,(H2,14,15,16). The number of hydrogen-bond donors (Lipinski definition) is 1. The zero-order valence-corrected chi connectivity index (χ0v) is 9.04. The average molecular weight is 222 g/mol. The van der Waals surface area contributed by atoms with E-state index in [1.165, 1.54) is 0 Å². The normalized spacial score (nSPS) is 10.6. The molecule has 0 atom stereocenters. The van der Waals surface area contributed by atoms with Crippen LogP contribution in [0.5, 0.6) is 0 Å². The molecule has 0 aliphatic rings. The summed E-state index contributed by atoms with van der Waals surface area (Å²) < 4.78 is 0. The highest BCUT2D eigenvalue weighted by atomic mass is 15.0. The lowest BCUT2D eigenvalue weighted by Gasteiger charge is -2.02. The van der Waals surface area contributed by atoms with Gasteiger partial charge in [-0.1, -0.05) is 24.3 Å². The van der Waals surface area contributed by atoms with Gasteiger partial charge in [-0.2, -0.15) is 0 Å². The highest BCUT2D eigenvalue weighted by Crippen LogP contribution is 2.19. The SMILES string of the molecule is Nc1ncc(-c2ccc3ccccc3n2)cn1. The van der Waals surface area contributed by atoms with E-state index in [0.29, 0.717) is 0 Å². The molecule has 0 saturated heterocycles. The molecule has 3 aromatic rings. The van der Waals surface area contributed by atoms with Gasteiger partial charge in [0.15, 0.2) is 0 Å². The van der Waals surface area contributed by atoms with Crippen LogP contribution in [-0.4, -0.2) is 15.0 Å². The second kappa shape index (κ2) is 3.83. The zero-order valence-electron chi connectivity index (χ0n) is 9.04. The fourth-order valence-electron chi connectivity index (χ4n) is 1.70. The van der Waals surface area contributed by atoms with E-state index >= 15 is 0 Å². The maximum atomic E-state index is 5.45. The molecular formula is C13H10N4. The maximum Gasteiger partial charge on any atom is 0.219 e. The molecule has 0 radical (unpaired) electrons. The fourth-order valence-corrected chi connectivity index (χ4v) is 1.70. The summed E-state index contributed by atoms with van der Waals surface area (Å²) in [5.41, 5.74) is 8.13. The van der Waals surface area contributed by atoms with E-state index in [9.17, 15) is 0 Å². The number of fused-ring (bicyclic) bond motifs is 1. The van der Waals surface area contributed by atoms with E-state index in [1.807, 2.05) is 36.4 Å². The first kappa shape index (κ1) is 9.72. The Morgan fingerprint density at radius 3 is 2.47 bits per heavy atom. The van der Waals surface area contributed by atoms with Crippen molar-refractivity contribution in [2.75, 3.05) is 5.73 Å². The molecule has 0 aliphatic heterocycles. The minimum absolute atomic E-state index is 0.273. The number of nitrogen functional groups attached to an aromatic ring is 1. The quantitative estimate of drug-likeness (QED) is 0.686. The smallest absolute Gasteiger partial charge is 0.219 e. The van der Waals surface area contributed by atoms with Crippen molar-refractivity contribution in [1.82, 2.24) is 15.0 Å². The van der Waals surface area contributed by atoms with Gasteiger partial charge in [0, 0.05) is 23.3 Å². The van der Waals surface area contributed by atoms with E-state index in [1.54, 1.807) is 12.4 Å². The van der Waals surface area contributed by atoms with Crippen molar-refractivity contribution < 1.29 is 0 Å². The molecule has 4 heteroatoms. The van der Waals surface area contributed by atoms with Crippen molar-refractivity contribution in [3.63, 3.8) is 0 Å². The van der Waals surface area contributed by atoms with Crippen molar-refractivity contribution >= 4 is 16.9 Å². The molecule has 3 rings (SSSR count). The molecule has 0 aliphatic carbocycles. The lowest BCUT2D eigenvalue weighted by Crippen LogP contribution is -1.94. The summed E-state index contributed by atoms with van der Waals surface area (Å²) in [6.45, 7) is 0. The summed E-state index contributed by atoms with van der Waals surface area (Å²) in [6.07, 6.45) is 3.36. The molecule has 0 fully saturated rings. The number of benzene rings is 1. The summed E-state index contributed by atoms with van der Waals surface area (Å²) in [5.74, 6) is 0.273. The van der Waals surface area contributed by atoms with Crippen LogP contribution in [0.4, 0.5) is 5.95 Å². The third-order valence-corrected chi connectivity index (χ3v) is 2.57. The van der Waals surface area contributed by atoms with Crippen molar-refractivity contribution in [3.05, 3.63) is 48.8 Å². The Balaban J connectivity index is 2.14. The van der Waals surface area contributed by atoms with Crippen molar-refractivity contribution in [2.24, 2.45) is 0 Å². The summed E-state index contributed by atoms with van der Waals surface area (Å²) in [7, 11) is 0. The van der Waals surface area contributed by atoms with Crippen LogP contribution in [0.15, 0.2) is 48.8 Å². The van der Waals surface area contributed by atoms with Gasteiger partial charge in [0.25, 0.3) is 0 Å². The van der Waals surface area contributed by atoms with E-state index in [4.69, 9.17) is 5.73 Å². The highest BCUT2D eigenvalue weighted by Gasteiger charge is 2.01. The second-order valence-corrected chi connectivity index (χ2v) is 3.72. The monoisotopic (exact) mass is 222 g/mol. The number of rotatable bonds is 1. The van der Waals surface area contributed by atoms with Crippen LogP contribution in [0.25, 0.3) is 22.2 Å². The van der Waals surface area contributed by atoms with Gasteiger partial charge in [0.2, 0.25) is 5.95 Å². The molecule has 0 unspecified atom stereocenters. The van der Waals surface area contributed by atoms with Gasteiger partial charge < -0.3 is 5.73 Å². The summed E-state index contributed by atoms with van der Waals surface area (Å²) in [5, 5.41) is 1.12. The molecule has 0 amide bonds. The minimum Gasteiger partial charge on any atom is -0.368 e. The minimum atomic E-state index is 0.273. The fraction of sp³-hybridized carbons (Fsp3) is 0. The number of aromatic nitrogens is 3. The predicted molar refractivity (Wildman–Crippen MR) is 67.2 cm³/mol. The first-order chi connectivity index (χ1) is 8.33. The number of nitrogens with two attached hydrogens (primary N) is 1. The molecule has 82 valence electrons. The topological polar surface area (TPSA) is 64.7 Å². The number of pyridine rings is 1. The molecule has 0 saturated carbocycles. The molecule has 2 aromatic heterocycles. The number of nitrogens with zero attached hydrogens (tertiary/aromatic N) is 3. The largest absolute Gasteiger partial charge is 0.368 e. The predicted octanol–water partition coefficient (Wildman–Crippen LogP) is 2.27.